The Morgan fingerprint density at radius 3 is 1.74 bits per heavy atom. The average Bonchev–Trinajstić information content (AvgIpc) is 2.63. The van der Waals surface area contributed by atoms with Crippen molar-refractivity contribution in [1.29, 1.82) is 0 Å². The molecule has 0 spiro atoms. The van der Waals surface area contributed by atoms with Gasteiger partial charge in [0, 0.05) is 26.2 Å². The second-order valence-corrected chi connectivity index (χ2v) is 6.24. The maximum Gasteiger partial charge on any atom is 0.414 e. The van der Waals surface area contributed by atoms with Crippen LogP contribution in [0.5, 0.6) is 0 Å². The van der Waals surface area contributed by atoms with Crippen molar-refractivity contribution in [2.24, 2.45) is 0 Å². The molecule has 0 aromatic heterocycles. The third-order valence-electron chi connectivity index (χ3n) is 3.61. The molecule has 0 aliphatic rings. The predicted molar refractivity (Wildman–Crippen MR) is 101 cm³/mol. The molecular formula is C20H25FN2O4. The van der Waals surface area contributed by atoms with Gasteiger partial charge >= 0.3 is 11.9 Å². The molecule has 0 bridgehead atoms. The Hall–Kier alpha value is -2.77. The van der Waals surface area contributed by atoms with Gasteiger partial charge in [0.05, 0.1) is 0 Å². The van der Waals surface area contributed by atoms with Crippen LogP contribution in [0.2, 0.25) is 0 Å². The van der Waals surface area contributed by atoms with Crippen LogP contribution in [0.3, 0.4) is 0 Å². The monoisotopic (exact) mass is 376 g/mol. The Balaban J connectivity index is 0.000000527. The molecule has 2 rings (SSSR count). The highest BCUT2D eigenvalue weighted by molar-refractivity contribution is 6.27. The summed E-state index contributed by atoms with van der Waals surface area (Å²) >= 11 is 0. The Bertz CT molecular complexity index is 694. The molecule has 0 aliphatic carbocycles. The minimum Gasteiger partial charge on any atom is -0.473 e. The first kappa shape index (κ1) is 22.3. The highest BCUT2D eigenvalue weighted by Crippen LogP contribution is 2.11. The second-order valence-electron chi connectivity index (χ2n) is 6.24. The van der Waals surface area contributed by atoms with E-state index in [0.29, 0.717) is 0 Å². The number of hydrogen-bond donors (Lipinski definition) is 2. The van der Waals surface area contributed by atoms with Crippen LogP contribution in [0.1, 0.15) is 11.1 Å². The molecule has 27 heavy (non-hydrogen) atoms. The first-order valence-electron chi connectivity index (χ1n) is 8.39. The van der Waals surface area contributed by atoms with Gasteiger partial charge < -0.3 is 15.1 Å². The first-order chi connectivity index (χ1) is 12.8. The molecule has 0 heterocycles. The fourth-order valence-electron chi connectivity index (χ4n) is 2.25. The molecule has 146 valence electrons. The van der Waals surface area contributed by atoms with Crippen LogP contribution in [0.15, 0.2) is 54.6 Å². The fraction of sp³-hybridized carbons (Fsp3) is 0.300. The maximum absolute atomic E-state index is 13.0. The number of halogens is 1. The van der Waals surface area contributed by atoms with Crippen LogP contribution in [0.25, 0.3) is 0 Å². The fourth-order valence-corrected chi connectivity index (χ4v) is 2.25. The Morgan fingerprint density at radius 1 is 0.815 bits per heavy atom. The van der Waals surface area contributed by atoms with Crippen LogP contribution in [0.4, 0.5) is 4.39 Å². The minimum atomic E-state index is -1.82. The zero-order valence-corrected chi connectivity index (χ0v) is 15.5. The molecular weight excluding hydrogens is 351 g/mol. The number of rotatable bonds is 7. The summed E-state index contributed by atoms with van der Waals surface area (Å²) in [6, 6.07) is 17.2. The van der Waals surface area contributed by atoms with E-state index in [1.807, 2.05) is 18.2 Å². The number of carboxylic acid groups (broad SMARTS) is 2. The quantitative estimate of drug-likeness (QED) is 0.723. The first-order valence-corrected chi connectivity index (χ1v) is 8.39. The molecule has 2 N–H and O–H groups in total. The van der Waals surface area contributed by atoms with E-state index in [-0.39, 0.29) is 5.82 Å². The van der Waals surface area contributed by atoms with E-state index < -0.39 is 11.9 Å². The van der Waals surface area contributed by atoms with Gasteiger partial charge in [0.1, 0.15) is 5.82 Å². The third kappa shape index (κ3) is 10.1. The molecule has 0 radical (unpaired) electrons. The van der Waals surface area contributed by atoms with E-state index in [4.69, 9.17) is 19.8 Å². The number of likely N-dealkylation sites (N-methyl/N-ethyl adjacent to an activating group) is 1. The summed E-state index contributed by atoms with van der Waals surface area (Å²) in [5.74, 6) is -3.83. The van der Waals surface area contributed by atoms with Gasteiger partial charge in [-0.3, -0.25) is 4.90 Å². The molecule has 2 aromatic rings. The number of carbonyl (C=O) groups is 2. The Morgan fingerprint density at radius 2 is 1.30 bits per heavy atom. The van der Waals surface area contributed by atoms with Crippen molar-refractivity contribution in [3.8, 4) is 0 Å². The lowest BCUT2D eigenvalue weighted by Crippen LogP contribution is -2.31. The summed E-state index contributed by atoms with van der Waals surface area (Å²) in [6.07, 6.45) is 0. The van der Waals surface area contributed by atoms with E-state index in [1.165, 1.54) is 17.7 Å². The lowest BCUT2D eigenvalue weighted by molar-refractivity contribution is -0.159. The number of benzene rings is 2. The van der Waals surface area contributed by atoms with Gasteiger partial charge in [0.2, 0.25) is 0 Å². The molecule has 0 saturated carbocycles. The summed E-state index contributed by atoms with van der Waals surface area (Å²) in [4.78, 5) is 22.8. The van der Waals surface area contributed by atoms with Crippen molar-refractivity contribution in [2.45, 2.75) is 13.1 Å². The smallest absolute Gasteiger partial charge is 0.414 e. The number of aliphatic carboxylic acids is 2. The predicted octanol–water partition coefficient (Wildman–Crippen LogP) is 2.55. The highest BCUT2D eigenvalue weighted by Gasteiger charge is 2.08. The third-order valence-corrected chi connectivity index (χ3v) is 3.61. The van der Waals surface area contributed by atoms with Crippen molar-refractivity contribution >= 4 is 11.9 Å². The largest absolute Gasteiger partial charge is 0.473 e. The van der Waals surface area contributed by atoms with Crippen molar-refractivity contribution < 1.29 is 24.2 Å². The van der Waals surface area contributed by atoms with E-state index in [9.17, 15) is 4.39 Å². The van der Waals surface area contributed by atoms with Gasteiger partial charge in [-0.25, -0.2) is 14.0 Å². The summed E-state index contributed by atoms with van der Waals surface area (Å²) < 4.78 is 13.0. The summed E-state index contributed by atoms with van der Waals surface area (Å²) in [7, 11) is 4.16. The van der Waals surface area contributed by atoms with E-state index in [2.05, 4.69) is 48.2 Å². The van der Waals surface area contributed by atoms with Crippen molar-refractivity contribution in [3.63, 3.8) is 0 Å². The van der Waals surface area contributed by atoms with E-state index in [1.54, 1.807) is 0 Å². The van der Waals surface area contributed by atoms with Gasteiger partial charge in [0.25, 0.3) is 0 Å². The van der Waals surface area contributed by atoms with Crippen LogP contribution in [-0.4, -0.2) is 59.1 Å². The van der Waals surface area contributed by atoms with Gasteiger partial charge in [-0.15, -0.1) is 0 Å². The Labute approximate surface area is 158 Å². The minimum absolute atomic E-state index is 0.179. The SMILES string of the molecule is CN(C)CCN(Cc1ccccc1)Cc1ccc(F)cc1.O=C(O)C(=O)O. The summed E-state index contributed by atoms with van der Waals surface area (Å²) in [5.41, 5.74) is 2.45. The number of hydrogen-bond acceptors (Lipinski definition) is 4. The Kier molecular flexibility index (Phi) is 9.71. The normalized spacial score (nSPS) is 10.4. The maximum atomic E-state index is 13.0. The molecule has 2 aromatic carbocycles. The summed E-state index contributed by atoms with van der Waals surface area (Å²) in [6.45, 7) is 3.74. The molecule has 0 saturated heterocycles. The zero-order chi connectivity index (χ0) is 20.2. The van der Waals surface area contributed by atoms with Crippen molar-refractivity contribution in [2.75, 3.05) is 27.2 Å². The van der Waals surface area contributed by atoms with Crippen LogP contribution < -0.4 is 0 Å². The number of carboxylic acids is 2. The molecule has 6 nitrogen and oxygen atoms in total. The topological polar surface area (TPSA) is 81.1 Å². The summed E-state index contributed by atoms with van der Waals surface area (Å²) in [5, 5.41) is 14.8. The highest BCUT2D eigenvalue weighted by atomic mass is 19.1. The molecule has 0 atom stereocenters. The van der Waals surface area contributed by atoms with Gasteiger partial charge in [-0.05, 0) is 37.4 Å². The average molecular weight is 376 g/mol. The molecule has 0 unspecified atom stereocenters. The van der Waals surface area contributed by atoms with Gasteiger partial charge in [-0.1, -0.05) is 42.5 Å². The van der Waals surface area contributed by atoms with Crippen LogP contribution >= 0.6 is 0 Å². The van der Waals surface area contributed by atoms with Gasteiger partial charge in [-0.2, -0.15) is 0 Å². The van der Waals surface area contributed by atoms with Crippen LogP contribution in [0, 0.1) is 5.82 Å². The lowest BCUT2D eigenvalue weighted by Gasteiger charge is -2.24. The second kappa shape index (κ2) is 11.8. The molecule has 7 heteroatoms. The molecule has 0 aliphatic heterocycles. The van der Waals surface area contributed by atoms with Crippen molar-refractivity contribution in [1.82, 2.24) is 9.80 Å². The van der Waals surface area contributed by atoms with Crippen molar-refractivity contribution in [3.05, 3.63) is 71.5 Å². The standard InChI is InChI=1S/C18H23FN2.C2H2O4/c1-20(2)12-13-21(14-16-6-4-3-5-7-16)15-17-8-10-18(19)11-9-17;3-1(4)2(5)6/h3-11H,12-15H2,1-2H3;(H,3,4)(H,5,6). The van der Waals surface area contributed by atoms with E-state index >= 15 is 0 Å². The van der Waals surface area contributed by atoms with Gasteiger partial charge in [0.15, 0.2) is 0 Å². The van der Waals surface area contributed by atoms with E-state index in [0.717, 1.165) is 31.7 Å². The molecule has 0 fully saturated rings. The molecule has 0 amide bonds. The zero-order valence-electron chi connectivity index (χ0n) is 15.5. The number of nitrogens with zero attached hydrogens (tertiary/aromatic N) is 2. The lowest BCUT2D eigenvalue weighted by atomic mass is 10.1. The van der Waals surface area contributed by atoms with Crippen LogP contribution in [-0.2, 0) is 22.7 Å².